The van der Waals surface area contributed by atoms with E-state index < -0.39 is 50.0 Å². The van der Waals surface area contributed by atoms with Crippen LogP contribution in [0.3, 0.4) is 0 Å². The molecule has 0 aromatic carbocycles. The number of methoxy groups -OCH3 is 1. The largest absolute Gasteiger partial charge is 0.474 e. The van der Waals surface area contributed by atoms with E-state index in [1.165, 1.54) is 19.1 Å². The molecule has 4 rings (SSSR count). The van der Waals surface area contributed by atoms with Crippen molar-refractivity contribution >= 4 is 19.6 Å². The number of likely N-dealkylation sites (tertiary alicyclic amines) is 1. The van der Waals surface area contributed by atoms with Crippen molar-refractivity contribution in [3.63, 3.8) is 0 Å². The average molecular weight is 460 g/mol. The molecule has 0 aromatic rings. The molecule has 0 saturated carbocycles. The Labute approximate surface area is 179 Å². The summed E-state index contributed by atoms with van der Waals surface area (Å²) in [5, 5.41) is 8.52. The molecule has 2 bridgehead atoms. The second kappa shape index (κ2) is 8.50. The maximum atomic E-state index is 13.0. The highest BCUT2D eigenvalue weighted by Crippen LogP contribution is 2.54. The van der Waals surface area contributed by atoms with Crippen molar-refractivity contribution in [3.05, 3.63) is 0 Å². The van der Waals surface area contributed by atoms with E-state index >= 15 is 0 Å². The van der Waals surface area contributed by atoms with Crippen molar-refractivity contribution in [2.24, 2.45) is 11.8 Å². The van der Waals surface area contributed by atoms with E-state index in [1.54, 1.807) is 6.92 Å². The van der Waals surface area contributed by atoms with E-state index in [9.17, 15) is 14.2 Å². The van der Waals surface area contributed by atoms with Crippen LogP contribution in [0.2, 0.25) is 0 Å². The van der Waals surface area contributed by atoms with Gasteiger partial charge in [0.05, 0.1) is 49.7 Å². The molecule has 0 N–H and O–H groups in total. The van der Waals surface area contributed by atoms with Crippen molar-refractivity contribution in [1.82, 2.24) is 4.90 Å². The molecule has 4 aliphatic heterocycles. The van der Waals surface area contributed by atoms with E-state index in [0.717, 1.165) is 0 Å². The van der Waals surface area contributed by atoms with Crippen LogP contribution >= 0.6 is 7.82 Å². The van der Waals surface area contributed by atoms with Gasteiger partial charge < -0.3 is 18.9 Å². The topological polar surface area (TPSA) is 143 Å². The Morgan fingerprint density at radius 1 is 1.06 bits per heavy atom. The zero-order valence-corrected chi connectivity index (χ0v) is 18.3. The number of nitrogens with zero attached hydrogens (tertiary/aromatic N) is 2. The Balaban J connectivity index is 1.32. The van der Waals surface area contributed by atoms with E-state index in [4.69, 9.17) is 37.8 Å². The summed E-state index contributed by atoms with van der Waals surface area (Å²) >= 11 is 0. The number of fused-ring (bicyclic) bond motifs is 8. The maximum Gasteiger partial charge on any atom is 0.474 e. The average Bonchev–Trinajstić information content (AvgIpc) is 3.45. The molecule has 0 aromatic heterocycles. The number of amides is 2. The molecule has 4 saturated heterocycles. The van der Waals surface area contributed by atoms with Gasteiger partial charge in [0.2, 0.25) is 11.8 Å². The third kappa shape index (κ3) is 3.83. The first-order valence-electron chi connectivity index (χ1n) is 10.0. The van der Waals surface area contributed by atoms with Crippen LogP contribution in [0.25, 0.3) is 0 Å². The summed E-state index contributed by atoms with van der Waals surface area (Å²) in [6.45, 7) is 1.58. The minimum Gasteiger partial charge on any atom is -0.368 e. The molecule has 172 valence electrons. The predicted octanol–water partition coefficient (Wildman–Crippen LogP) is 0.564. The first kappa shape index (κ1) is 22.8. The van der Waals surface area contributed by atoms with Crippen molar-refractivity contribution in [2.75, 3.05) is 34.0 Å². The van der Waals surface area contributed by atoms with Crippen LogP contribution in [0.4, 0.5) is 0 Å². The Morgan fingerprint density at radius 3 is 2.16 bits per heavy atom. The molecular formula is C18H25N2O10P. The highest BCUT2D eigenvalue weighted by molar-refractivity contribution is 7.48. The van der Waals surface area contributed by atoms with Gasteiger partial charge in [-0.25, -0.2) is 4.57 Å². The fourth-order valence-electron chi connectivity index (χ4n) is 4.61. The molecule has 0 aliphatic carbocycles. The van der Waals surface area contributed by atoms with Gasteiger partial charge >= 0.3 is 7.82 Å². The Kier molecular flexibility index (Phi) is 6.24. The van der Waals surface area contributed by atoms with E-state index in [1.807, 2.05) is 6.07 Å². The summed E-state index contributed by atoms with van der Waals surface area (Å²) in [6.07, 6.45) is -1.82. The molecule has 31 heavy (non-hydrogen) atoms. The standard InChI is InChI=1S/C18H25N2O10P/c1-18(24-2)29-14-12-10-11(13(28-12)15(14)30-18)17(22)20(16(10)21)7-5-9-27-31(23,25-3)26-8-4-6-19/h10-15H,4-5,7-9H2,1-3H3/t10?,11?,12-,13?,14+,15?,18?,31?/m0/s1. The summed E-state index contributed by atoms with van der Waals surface area (Å²) in [7, 11) is -1.15. The highest BCUT2D eigenvalue weighted by atomic mass is 31.2. The minimum absolute atomic E-state index is 0.0413. The lowest BCUT2D eigenvalue weighted by atomic mass is 9.78. The zero-order chi connectivity index (χ0) is 22.4. The monoisotopic (exact) mass is 460 g/mol. The fourth-order valence-corrected chi connectivity index (χ4v) is 5.56. The predicted molar refractivity (Wildman–Crippen MR) is 98.9 cm³/mol. The molecule has 4 fully saturated rings. The quantitative estimate of drug-likeness (QED) is 0.256. The summed E-state index contributed by atoms with van der Waals surface area (Å²) in [5.74, 6) is -3.11. The molecule has 13 heteroatoms. The lowest BCUT2D eigenvalue weighted by Crippen LogP contribution is -2.46. The van der Waals surface area contributed by atoms with Crippen LogP contribution in [0, 0.1) is 23.2 Å². The van der Waals surface area contributed by atoms with Gasteiger partial charge in [0.25, 0.3) is 5.97 Å². The number of hydrogen-bond donors (Lipinski definition) is 0. The number of nitriles is 1. The van der Waals surface area contributed by atoms with Gasteiger partial charge in [-0.05, 0) is 6.42 Å². The van der Waals surface area contributed by atoms with Crippen molar-refractivity contribution < 1.29 is 46.7 Å². The van der Waals surface area contributed by atoms with Gasteiger partial charge in [0, 0.05) is 27.7 Å². The Bertz CT molecular complexity index is 795. The number of carbonyl (C=O) groups excluding carboxylic acids is 2. The summed E-state index contributed by atoms with van der Waals surface area (Å²) in [5.41, 5.74) is 0. The second-order valence-electron chi connectivity index (χ2n) is 7.73. The van der Waals surface area contributed by atoms with Gasteiger partial charge in [-0.3, -0.25) is 28.1 Å². The maximum absolute atomic E-state index is 13.0. The minimum atomic E-state index is -3.78. The molecular weight excluding hydrogens is 435 g/mol. The van der Waals surface area contributed by atoms with Crippen LogP contribution in [-0.2, 0) is 46.7 Å². The zero-order valence-electron chi connectivity index (χ0n) is 17.4. The SMILES string of the molecule is COC1(C)OC2C3O[C@@H](C4C(=O)N(CCCOP(=O)(OC)OCCC#N)C(=O)C34)[C@H]2O1. The normalized spacial score (nSPS) is 40.1. The van der Waals surface area contributed by atoms with Gasteiger partial charge in [-0.2, -0.15) is 5.26 Å². The molecule has 12 nitrogen and oxygen atoms in total. The van der Waals surface area contributed by atoms with Gasteiger partial charge in [-0.1, -0.05) is 0 Å². The van der Waals surface area contributed by atoms with Gasteiger partial charge in [0.15, 0.2) is 0 Å². The van der Waals surface area contributed by atoms with Gasteiger partial charge in [-0.15, -0.1) is 0 Å². The third-order valence-corrected chi connectivity index (χ3v) is 7.46. The van der Waals surface area contributed by atoms with Crippen molar-refractivity contribution in [1.29, 1.82) is 5.26 Å². The van der Waals surface area contributed by atoms with Crippen LogP contribution < -0.4 is 0 Å². The van der Waals surface area contributed by atoms with E-state index in [2.05, 4.69) is 0 Å². The molecule has 8 atom stereocenters. The molecule has 0 spiro atoms. The van der Waals surface area contributed by atoms with Crippen LogP contribution in [-0.4, -0.2) is 81.1 Å². The molecule has 4 heterocycles. The first-order valence-corrected chi connectivity index (χ1v) is 11.5. The van der Waals surface area contributed by atoms with Crippen molar-refractivity contribution in [3.8, 4) is 6.07 Å². The lowest BCUT2D eigenvalue weighted by Gasteiger charge is -2.24. The van der Waals surface area contributed by atoms with E-state index in [0.29, 0.717) is 0 Å². The number of rotatable bonds is 10. The summed E-state index contributed by atoms with van der Waals surface area (Å²) < 4.78 is 49.9. The number of ether oxygens (including phenoxy) is 4. The lowest BCUT2D eigenvalue weighted by molar-refractivity contribution is -0.330. The smallest absolute Gasteiger partial charge is 0.368 e. The number of phosphoric acid groups is 1. The van der Waals surface area contributed by atoms with Crippen molar-refractivity contribution in [2.45, 2.75) is 50.2 Å². The highest BCUT2D eigenvalue weighted by Gasteiger charge is 2.73. The Hall–Kier alpha value is -1.42. The number of carbonyl (C=O) groups is 2. The summed E-state index contributed by atoms with van der Waals surface area (Å²) in [4.78, 5) is 27.1. The molecule has 4 aliphatic rings. The second-order valence-corrected chi connectivity index (χ2v) is 9.51. The molecule has 2 amide bonds. The summed E-state index contributed by atoms with van der Waals surface area (Å²) in [6, 6.07) is 1.86. The third-order valence-electron chi connectivity index (χ3n) is 6.02. The van der Waals surface area contributed by atoms with Crippen LogP contribution in [0.5, 0.6) is 0 Å². The Morgan fingerprint density at radius 2 is 1.65 bits per heavy atom. The van der Waals surface area contributed by atoms with Gasteiger partial charge in [0.1, 0.15) is 12.2 Å². The molecule has 6 unspecified atom stereocenters. The number of imide groups is 1. The molecule has 0 radical (unpaired) electrons. The van der Waals surface area contributed by atoms with E-state index in [-0.39, 0.29) is 44.4 Å². The number of phosphoric ester groups is 1. The first-order chi connectivity index (χ1) is 14.8. The van der Waals surface area contributed by atoms with Crippen LogP contribution in [0.15, 0.2) is 0 Å². The number of hydrogen-bond acceptors (Lipinski definition) is 11. The fraction of sp³-hybridized carbons (Fsp3) is 0.833. The van der Waals surface area contributed by atoms with Crippen LogP contribution in [0.1, 0.15) is 19.8 Å².